The van der Waals surface area contributed by atoms with Crippen molar-refractivity contribution in [3.8, 4) is 0 Å². The van der Waals surface area contributed by atoms with Crippen LogP contribution in [0.2, 0.25) is 0 Å². The Labute approximate surface area is 153 Å². The molecule has 1 aromatic heterocycles. The number of aromatic nitrogens is 1. The number of thiazole rings is 1. The highest BCUT2D eigenvalue weighted by atomic mass is 32.2. The second-order valence-electron chi connectivity index (χ2n) is 6.57. The van der Waals surface area contributed by atoms with Gasteiger partial charge < -0.3 is 5.73 Å². The number of benzene rings is 1. The van der Waals surface area contributed by atoms with Crippen molar-refractivity contribution >= 4 is 26.5 Å². The van der Waals surface area contributed by atoms with E-state index < -0.39 is 10.0 Å². The maximum atomic E-state index is 12.8. The zero-order chi connectivity index (χ0) is 18.0. The second kappa shape index (κ2) is 7.41. The quantitative estimate of drug-likeness (QED) is 0.861. The Balaban J connectivity index is 1.62. The van der Waals surface area contributed by atoms with Gasteiger partial charge in [0.2, 0.25) is 10.0 Å². The Morgan fingerprint density at radius 3 is 2.32 bits per heavy atom. The second-order valence-corrected chi connectivity index (χ2v) is 9.65. The minimum atomic E-state index is -3.42. The van der Waals surface area contributed by atoms with Crippen LogP contribution in [0.15, 0.2) is 35.4 Å². The molecular weight excluding hydrogens is 356 g/mol. The molecule has 2 heterocycles. The lowest BCUT2D eigenvalue weighted by molar-refractivity contribution is 0.183. The van der Waals surface area contributed by atoms with Gasteiger partial charge in [0.05, 0.1) is 4.90 Å². The van der Waals surface area contributed by atoms with Gasteiger partial charge in [-0.2, -0.15) is 4.31 Å². The molecule has 1 aromatic carbocycles. The van der Waals surface area contributed by atoms with Crippen molar-refractivity contribution in [2.75, 3.05) is 31.9 Å². The van der Waals surface area contributed by atoms with Crippen molar-refractivity contribution in [2.45, 2.75) is 31.2 Å². The van der Waals surface area contributed by atoms with E-state index in [1.54, 1.807) is 22.6 Å². The van der Waals surface area contributed by atoms with Crippen LogP contribution in [0.1, 0.15) is 30.2 Å². The van der Waals surface area contributed by atoms with E-state index in [9.17, 15) is 8.42 Å². The van der Waals surface area contributed by atoms with Gasteiger partial charge >= 0.3 is 0 Å². The van der Waals surface area contributed by atoms with Gasteiger partial charge in [0.25, 0.3) is 0 Å². The van der Waals surface area contributed by atoms with E-state index in [0.29, 0.717) is 42.1 Å². The van der Waals surface area contributed by atoms with Crippen LogP contribution in [0, 0.1) is 0 Å². The van der Waals surface area contributed by atoms with E-state index in [1.807, 2.05) is 12.1 Å². The molecule has 6 nitrogen and oxygen atoms in total. The molecule has 25 heavy (non-hydrogen) atoms. The number of nitrogens with zero attached hydrogens (tertiary/aromatic N) is 3. The summed E-state index contributed by atoms with van der Waals surface area (Å²) in [5, 5.41) is 0.570. The van der Waals surface area contributed by atoms with Crippen LogP contribution in [0.4, 0.5) is 5.13 Å². The number of sulfonamides is 1. The molecule has 0 saturated carbocycles. The summed E-state index contributed by atoms with van der Waals surface area (Å²) in [5.41, 5.74) is 6.80. The fraction of sp³-hybridized carbons (Fsp3) is 0.471. The number of rotatable bonds is 5. The van der Waals surface area contributed by atoms with Gasteiger partial charge in [0.15, 0.2) is 5.13 Å². The summed E-state index contributed by atoms with van der Waals surface area (Å²) in [6.45, 7) is 7.39. The smallest absolute Gasteiger partial charge is 0.243 e. The van der Waals surface area contributed by atoms with Crippen molar-refractivity contribution in [1.82, 2.24) is 14.2 Å². The van der Waals surface area contributed by atoms with Crippen LogP contribution in [-0.2, 0) is 16.6 Å². The number of anilines is 1. The largest absolute Gasteiger partial charge is 0.375 e. The van der Waals surface area contributed by atoms with Gasteiger partial charge in [-0.25, -0.2) is 13.4 Å². The van der Waals surface area contributed by atoms with Gasteiger partial charge in [-0.15, -0.1) is 11.3 Å². The summed E-state index contributed by atoms with van der Waals surface area (Å²) in [5.74, 6) is 0.390. The molecule has 1 aliphatic heterocycles. The minimum absolute atomic E-state index is 0.376. The van der Waals surface area contributed by atoms with Gasteiger partial charge in [-0.3, -0.25) is 4.90 Å². The zero-order valence-corrected chi connectivity index (χ0v) is 16.2. The number of nitrogen functional groups attached to an aromatic ring is 1. The maximum absolute atomic E-state index is 12.8. The molecule has 136 valence electrons. The standard InChI is InChI=1S/C17H24N4O2S2/c1-13(2)14-3-5-16(6-4-14)25(22,23)21-9-7-20(8-10-21)12-15-11-19-17(18)24-15/h3-6,11,13H,7-10,12H2,1-2H3,(H2,18,19). The van der Waals surface area contributed by atoms with Crippen molar-refractivity contribution in [3.63, 3.8) is 0 Å². The first-order chi connectivity index (χ1) is 11.9. The molecule has 0 aliphatic carbocycles. The number of piperazine rings is 1. The van der Waals surface area contributed by atoms with Gasteiger partial charge in [0, 0.05) is 43.8 Å². The van der Waals surface area contributed by atoms with E-state index in [-0.39, 0.29) is 0 Å². The van der Waals surface area contributed by atoms with E-state index in [2.05, 4.69) is 23.7 Å². The van der Waals surface area contributed by atoms with Crippen molar-refractivity contribution in [3.05, 3.63) is 40.9 Å². The van der Waals surface area contributed by atoms with E-state index in [4.69, 9.17) is 5.73 Å². The Kier molecular flexibility index (Phi) is 5.43. The van der Waals surface area contributed by atoms with E-state index in [1.165, 1.54) is 11.3 Å². The van der Waals surface area contributed by atoms with E-state index in [0.717, 1.165) is 17.0 Å². The Bertz CT molecular complexity index is 807. The topological polar surface area (TPSA) is 79.5 Å². The molecular formula is C17H24N4O2S2. The third-order valence-electron chi connectivity index (χ3n) is 4.47. The molecule has 2 aromatic rings. The Morgan fingerprint density at radius 2 is 1.80 bits per heavy atom. The summed E-state index contributed by atoms with van der Waals surface area (Å²) in [4.78, 5) is 7.78. The number of hydrogen-bond acceptors (Lipinski definition) is 6. The van der Waals surface area contributed by atoms with E-state index >= 15 is 0 Å². The van der Waals surface area contributed by atoms with Crippen LogP contribution in [0.25, 0.3) is 0 Å². The normalized spacial score (nSPS) is 17.2. The summed E-state index contributed by atoms with van der Waals surface area (Å²) >= 11 is 1.48. The monoisotopic (exact) mass is 380 g/mol. The van der Waals surface area contributed by atoms with Crippen LogP contribution in [0.5, 0.6) is 0 Å². The molecule has 0 unspecified atom stereocenters. The van der Waals surface area contributed by atoms with Crippen LogP contribution >= 0.6 is 11.3 Å². The fourth-order valence-corrected chi connectivity index (χ4v) is 5.07. The Hall–Kier alpha value is -1.48. The van der Waals surface area contributed by atoms with Crippen LogP contribution < -0.4 is 5.73 Å². The third kappa shape index (κ3) is 4.20. The molecule has 0 radical (unpaired) electrons. The maximum Gasteiger partial charge on any atom is 0.243 e. The van der Waals surface area contributed by atoms with Gasteiger partial charge in [0.1, 0.15) is 0 Å². The van der Waals surface area contributed by atoms with Crippen LogP contribution in [0.3, 0.4) is 0 Å². The average Bonchev–Trinajstić information content (AvgIpc) is 3.00. The Morgan fingerprint density at radius 1 is 1.16 bits per heavy atom. The van der Waals surface area contributed by atoms with Gasteiger partial charge in [-0.1, -0.05) is 26.0 Å². The number of nitrogens with two attached hydrogens (primary N) is 1. The minimum Gasteiger partial charge on any atom is -0.375 e. The molecule has 1 aliphatic rings. The molecule has 0 spiro atoms. The SMILES string of the molecule is CC(C)c1ccc(S(=O)(=O)N2CCN(Cc3cnc(N)s3)CC2)cc1. The predicted octanol–water partition coefficient (Wildman–Crippen LogP) is 2.36. The first kappa shape index (κ1) is 18.3. The summed E-state index contributed by atoms with van der Waals surface area (Å²) in [6, 6.07) is 7.25. The summed E-state index contributed by atoms with van der Waals surface area (Å²) in [7, 11) is -3.42. The van der Waals surface area contributed by atoms with Crippen molar-refractivity contribution in [2.24, 2.45) is 0 Å². The number of hydrogen-bond donors (Lipinski definition) is 1. The molecule has 2 N–H and O–H groups in total. The highest BCUT2D eigenvalue weighted by molar-refractivity contribution is 7.89. The lowest BCUT2D eigenvalue weighted by Crippen LogP contribution is -2.48. The average molecular weight is 381 g/mol. The molecule has 0 amide bonds. The lowest BCUT2D eigenvalue weighted by atomic mass is 10.0. The molecule has 3 rings (SSSR count). The molecule has 8 heteroatoms. The zero-order valence-electron chi connectivity index (χ0n) is 14.6. The molecule has 1 saturated heterocycles. The van der Waals surface area contributed by atoms with Crippen molar-refractivity contribution < 1.29 is 8.42 Å². The summed E-state index contributed by atoms with van der Waals surface area (Å²) in [6.07, 6.45) is 1.79. The first-order valence-electron chi connectivity index (χ1n) is 8.39. The van der Waals surface area contributed by atoms with Crippen LogP contribution in [-0.4, -0.2) is 48.8 Å². The van der Waals surface area contributed by atoms with Crippen molar-refractivity contribution in [1.29, 1.82) is 0 Å². The predicted molar refractivity (Wildman–Crippen MR) is 101 cm³/mol. The summed E-state index contributed by atoms with van der Waals surface area (Å²) < 4.78 is 27.2. The highest BCUT2D eigenvalue weighted by Crippen LogP contribution is 2.22. The fourth-order valence-electron chi connectivity index (χ4n) is 2.92. The molecule has 1 fully saturated rings. The molecule has 0 atom stereocenters. The van der Waals surface area contributed by atoms with Gasteiger partial charge in [-0.05, 0) is 23.6 Å². The first-order valence-corrected chi connectivity index (χ1v) is 10.6. The highest BCUT2D eigenvalue weighted by Gasteiger charge is 2.28. The molecule has 0 bridgehead atoms. The third-order valence-corrected chi connectivity index (χ3v) is 7.19. The lowest BCUT2D eigenvalue weighted by Gasteiger charge is -2.33.